The first-order valence-corrected chi connectivity index (χ1v) is 6.30. The average Bonchev–Trinajstić information content (AvgIpc) is 2.26. The van der Waals surface area contributed by atoms with Gasteiger partial charge in [-0.15, -0.1) is 0 Å². The Morgan fingerprint density at radius 1 is 1.59 bits per heavy atom. The van der Waals surface area contributed by atoms with Crippen LogP contribution in [0.25, 0.3) is 0 Å². The highest BCUT2D eigenvalue weighted by atomic mass is 32.2. The Labute approximate surface area is 104 Å². The quantitative estimate of drug-likeness (QED) is 0.808. The number of carboxylic acid groups (broad SMARTS) is 1. The van der Waals surface area contributed by atoms with Gasteiger partial charge in [0.25, 0.3) is 5.56 Å². The molecule has 0 bridgehead atoms. The minimum absolute atomic E-state index is 0.0611. The third-order valence-electron chi connectivity index (χ3n) is 2.31. The number of aromatic nitrogens is 2. The standard InChI is InChI=1S/C11H16N2O3S/c1-4-13-6-5-12-9(10(13)14)17-8(7(2)3)11(15)16/h5-8H,4H2,1-3H3,(H,15,16). The Morgan fingerprint density at radius 2 is 2.24 bits per heavy atom. The Balaban J connectivity index is 3.02. The molecular formula is C11H16N2O3S. The summed E-state index contributed by atoms with van der Waals surface area (Å²) in [5, 5.41) is 8.66. The molecule has 0 saturated heterocycles. The lowest BCUT2D eigenvalue weighted by atomic mass is 10.1. The summed E-state index contributed by atoms with van der Waals surface area (Å²) in [6.45, 7) is 6.03. The molecule has 0 spiro atoms. The fraction of sp³-hybridized carbons (Fsp3) is 0.545. The number of hydrogen-bond acceptors (Lipinski definition) is 4. The van der Waals surface area contributed by atoms with E-state index in [-0.39, 0.29) is 16.5 Å². The van der Waals surface area contributed by atoms with E-state index in [0.29, 0.717) is 6.54 Å². The smallest absolute Gasteiger partial charge is 0.317 e. The van der Waals surface area contributed by atoms with Gasteiger partial charge in [0, 0.05) is 18.9 Å². The monoisotopic (exact) mass is 256 g/mol. The van der Waals surface area contributed by atoms with Crippen LogP contribution >= 0.6 is 11.8 Å². The van der Waals surface area contributed by atoms with E-state index in [9.17, 15) is 9.59 Å². The van der Waals surface area contributed by atoms with Crippen molar-refractivity contribution in [3.63, 3.8) is 0 Å². The second kappa shape index (κ2) is 5.86. The molecule has 1 aromatic heterocycles. The number of aliphatic carboxylic acids is 1. The lowest BCUT2D eigenvalue weighted by molar-refractivity contribution is -0.137. The van der Waals surface area contributed by atoms with Gasteiger partial charge in [-0.25, -0.2) is 4.98 Å². The first kappa shape index (κ1) is 13.8. The van der Waals surface area contributed by atoms with Gasteiger partial charge >= 0.3 is 5.97 Å². The Hall–Kier alpha value is -1.30. The van der Waals surface area contributed by atoms with Gasteiger partial charge < -0.3 is 9.67 Å². The van der Waals surface area contributed by atoms with E-state index in [1.807, 2.05) is 20.8 Å². The van der Waals surface area contributed by atoms with E-state index in [2.05, 4.69) is 4.98 Å². The SMILES string of the molecule is CCn1ccnc(SC(C(=O)O)C(C)C)c1=O. The second-order valence-electron chi connectivity index (χ2n) is 3.94. The number of thioether (sulfide) groups is 1. The van der Waals surface area contributed by atoms with Crippen LogP contribution in [0, 0.1) is 5.92 Å². The highest BCUT2D eigenvalue weighted by molar-refractivity contribution is 8.00. The molecule has 6 heteroatoms. The molecule has 1 unspecified atom stereocenters. The van der Waals surface area contributed by atoms with Crippen LogP contribution in [-0.2, 0) is 11.3 Å². The van der Waals surface area contributed by atoms with Crippen molar-refractivity contribution in [1.29, 1.82) is 0 Å². The summed E-state index contributed by atoms with van der Waals surface area (Å²) < 4.78 is 1.51. The molecule has 0 amide bonds. The molecular weight excluding hydrogens is 240 g/mol. The van der Waals surface area contributed by atoms with Gasteiger partial charge in [0.15, 0.2) is 5.03 Å². The third kappa shape index (κ3) is 3.33. The van der Waals surface area contributed by atoms with Crippen LogP contribution in [0.1, 0.15) is 20.8 Å². The normalized spacial score (nSPS) is 12.7. The van der Waals surface area contributed by atoms with E-state index in [1.54, 1.807) is 6.20 Å². The maximum atomic E-state index is 11.9. The van der Waals surface area contributed by atoms with E-state index in [1.165, 1.54) is 10.8 Å². The second-order valence-corrected chi connectivity index (χ2v) is 5.07. The number of hydrogen-bond donors (Lipinski definition) is 1. The van der Waals surface area contributed by atoms with Crippen molar-refractivity contribution in [2.75, 3.05) is 0 Å². The van der Waals surface area contributed by atoms with Gasteiger partial charge in [-0.3, -0.25) is 9.59 Å². The van der Waals surface area contributed by atoms with Gasteiger partial charge in [0.1, 0.15) is 5.25 Å². The minimum Gasteiger partial charge on any atom is -0.480 e. The predicted molar refractivity (Wildman–Crippen MR) is 66.3 cm³/mol. The molecule has 0 aliphatic heterocycles. The fourth-order valence-electron chi connectivity index (χ4n) is 1.35. The lowest BCUT2D eigenvalue weighted by Gasteiger charge is -2.14. The first-order chi connectivity index (χ1) is 7.97. The van der Waals surface area contributed by atoms with Crippen molar-refractivity contribution in [1.82, 2.24) is 9.55 Å². The number of aryl methyl sites for hydroxylation is 1. The average molecular weight is 256 g/mol. The molecule has 0 aliphatic carbocycles. The van der Waals surface area contributed by atoms with Crippen LogP contribution in [0.2, 0.25) is 0 Å². The maximum Gasteiger partial charge on any atom is 0.317 e. The van der Waals surface area contributed by atoms with Crippen molar-refractivity contribution in [2.24, 2.45) is 5.92 Å². The van der Waals surface area contributed by atoms with E-state index >= 15 is 0 Å². The Kier molecular flexibility index (Phi) is 4.74. The molecule has 0 aromatic carbocycles. The van der Waals surface area contributed by atoms with Crippen LogP contribution in [-0.4, -0.2) is 25.9 Å². The zero-order valence-corrected chi connectivity index (χ0v) is 10.9. The minimum atomic E-state index is -0.918. The molecule has 1 atom stereocenters. The summed E-state index contributed by atoms with van der Waals surface area (Å²) in [6, 6.07) is 0. The van der Waals surface area contributed by atoms with Crippen molar-refractivity contribution in [3.05, 3.63) is 22.7 Å². The molecule has 17 heavy (non-hydrogen) atoms. The highest BCUT2D eigenvalue weighted by Crippen LogP contribution is 2.24. The molecule has 1 N–H and O–H groups in total. The predicted octanol–water partition coefficient (Wildman–Crippen LogP) is 1.46. The Morgan fingerprint density at radius 3 is 2.71 bits per heavy atom. The maximum absolute atomic E-state index is 11.9. The summed E-state index contributed by atoms with van der Waals surface area (Å²) in [4.78, 5) is 26.9. The molecule has 0 aliphatic rings. The molecule has 0 radical (unpaired) electrons. The highest BCUT2D eigenvalue weighted by Gasteiger charge is 2.24. The van der Waals surface area contributed by atoms with E-state index < -0.39 is 11.2 Å². The van der Waals surface area contributed by atoms with E-state index in [0.717, 1.165) is 11.8 Å². The number of rotatable bonds is 5. The number of carboxylic acids is 1. The van der Waals surface area contributed by atoms with Crippen molar-refractivity contribution in [3.8, 4) is 0 Å². The van der Waals surface area contributed by atoms with Crippen LogP contribution in [0.4, 0.5) is 0 Å². The van der Waals surface area contributed by atoms with Gasteiger partial charge in [0.05, 0.1) is 0 Å². The van der Waals surface area contributed by atoms with Gasteiger partial charge in [0.2, 0.25) is 0 Å². The van der Waals surface area contributed by atoms with Gasteiger partial charge in [-0.2, -0.15) is 0 Å². The van der Waals surface area contributed by atoms with Crippen LogP contribution in [0.5, 0.6) is 0 Å². The van der Waals surface area contributed by atoms with Crippen LogP contribution in [0.3, 0.4) is 0 Å². The third-order valence-corrected chi connectivity index (χ3v) is 3.81. The summed E-state index contributed by atoms with van der Waals surface area (Å²) in [5.41, 5.74) is -0.230. The fourth-order valence-corrected chi connectivity index (χ4v) is 2.30. The summed E-state index contributed by atoms with van der Waals surface area (Å²) >= 11 is 1.02. The molecule has 1 heterocycles. The van der Waals surface area contributed by atoms with Gasteiger partial charge in [-0.05, 0) is 12.8 Å². The van der Waals surface area contributed by atoms with Crippen molar-refractivity contribution < 1.29 is 9.90 Å². The molecule has 0 saturated carbocycles. The van der Waals surface area contributed by atoms with E-state index in [4.69, 9.17) is 5.11 Å². The topological polar surface area (TPSA) is 72.2 Å². The summed E-state index contributed by atoms with van der Waals surface area (Å²) in [5.74, 6) is -0.980. The Bertz CT molecular complexity index is 456. The molecule has 0 fully saturated rings. The van der Waals surface area contributed by atoms with Crippen molar-refractivity contribution >= 4 is 17.7 Å². The number of nitrogens with zero attached hydrogens (tertiary/aromatic N) is 2. The molecule has 1 aromatic rings. The summed E-state index contributed by atoms with van der Waals surface area (Å²) in [6.07, 6.45) is 3.12. The van der Waals surface area contributed by atoms with Gasteiger partial charge in [-0.1, -0.05) is 25.6 Å². The zero-order valence-electron chi connectivity index (χ0n) is 10.1. The zero-order chi connectivity index (χ0) is 13.0. The molecule has 5 nitrogen and oxygen atoms in total. The molecule has 94 valence electrons. The van der Waals surface area contributed by atoms with Crippen LogP contribution in [0.15, 0.2) is 22.2 Å². The largest absolute Gasteiger partial charge is 0.480 e. The summed E-state index contributed by atoms with van der Waals surface area (Å²) in [7, 11) is 0. The molecule has 1 rings (SSSR count). The first-order valence-electron chi connectivity index (χ1n) is 5.42. The lowest BCUT2D eigenvalue weighted by Crippen LogP contribution is -2.27. The van der Waals surface area contributed by atoms with Crippen molar-refractivity contribution in [2.45, 2.75) is 37.6 Å². The number of carbonyl (C=O) groups is 1. The van der Waals surface area contributed by atoms with Crippen LogP contribution < -0.4 is 5.56 Å².